The lowest BCUT2D eigenvalue weighted by molar-refractivity contribution is -0.385. The van der Waals surface area contributed by atoms with Crippen LogP contribution in [0.15, 0.2) is 12.1 Å². The van der Waals surface area contributed by atoms with Gasteiger partial charge in [-0.2, -0.15) is 0 Å². The molecule has 0 aliphatic carbocycles. The molecule has 0 radical (unpaired) electrons. The molecule has 0 unspecified atom stereocenters. The number of nitrogens with zero attached hydrogens (tertiary/aromatic N) is 1. The Balaban J connectivity index is 3.27. The molecule has 6 nitrogen and oxygen atoms in total. The second kappa shape index (κ2) is 5.24. The van der Waals surface area contributed by atoms with E-state index in [2.05, 4.69) is 4.74 Å². The van der Waals surface area contributed by atoms with E-state index in [9.17, 15) is 19.3 Å². The highest BCUT2D eigenvalue weighted by Gasteiger charge is 2.23. The minimum Gasteiger partial charge on any atom is -0.490 e. The van der Waals surface area contributed by atoms with E-state index in [4.69, 9.17) is 4.74 Å². The van der Waals surface area contributed by atoms with Crippen LogP contribution in [-0.4, -0.2) is 24.6 Å². The SMILES string of the molecule is CCOC(=O)c1cc(OC)c([N+](=O)[O-])cc1F. The predicted octanol–water partition coefficient (Wildman–Crippen LogP) is 1.92. The third-order valence-electron chi connectivity index (χ3n) is 1.96. The molecule has 1 aromatic rings. The Morgan fingerprint density at radius 2 is 2.18 bits per heavy atom. The van der Waals surface area contributed by atoms with Gasteiger partial charge in [0.05, 0.1) is 30.3 Å². The number of carbonyl (C=O) groups is 1. The molecule has 0 aliphatic heterocycles. The van der Waals surface area contributed by atoms with Crippen LogP contribution >= 0.6 is 0 Å². The molecule has 0 fully saturated rings. The van der Waals surface area contributed by atoms with Gasteiger partial charge in [-0.1, -0.05) is 0 Å². The van der Waals surface area contributed by atoms with Crippen LogP contribution in [0.2, 0.25) is 0 Å². The lowest BCUT2D eigenvalue weighted by Crippen LogP contribution is -2.08. The molecule has 92 valence electrons. The Bertz CT molecular complexity index is 460. The number of ether oxygens (including phenoxy) is 2. The molecule has 7 heteroatoms. The first kappa shape index (κ1) is 12.9. The Kier molecular flexibility index (Phi) is 3.97. The summed E-state index contributed by atoms with van der Waals surface area (Å²) in [6, 6.07) is 1.58. The zero-order valence-electron chi connectivity index (χ0n) is 9.23. The van der Waals surface area contributed by atoms with E-state index in [0.29, 0.717) is 6.07 Å². The first-order chi connectivity index (χ1) is 8.01. The molecule has 0 saturated carbocycles. The summed E-state index contributed by atoms with van der Waals surface area (Å²) < 4.78 is 22.8. The second-order valence-corrected chi connectivity index (χ2v) is 2.98. The zero-order chi connectivity index (χ0) is 13.0. The number of halogens is 1. The average Bonchev–Trinajstić information content (AvgIpc) is 2.28. The zero-order valence-corrected chi connectivity index (χ0v) is 9.23. The highest BCUT2D eigenvalue weighted by molar-refractivity contribution is 5.90. The molecule has 0 heterocycles. The van der Waals surface area contributed by atoms with Crippen molar-refractivity contribution in [3.8, 4) is 5.75 Å². The Morgan fingerprint density at radius 3 is 2.65 bits per heavy atom. The Hall–Kier alpha value is -2.18. The molecule has 0 amide bonds. The van der Waals surface area contributed by atoms with Crippen LogP contribution in [0.1, 0.15) is 17.3 Å². The average molecular weight is 243 g/mol. The van der Waals surface area contributed by atoms with Gasteiger partial charge in [-0.25, -0.2) is 9.18 Å². The molecule has 1 rings (SSSR count). The van der Waals surface area contributed by atoms with Crippen molar-refractivity contribution in [2.45, 2.75) is 6.92 Å². The molecule has 0 spiro atoms. The van der Waals surface area contributed by atoms with Gasteiger partial charge in [-0.05, 0) is 6.92 Å². The highest BCUT2D eigenvalue weighted by Crippen LogP contribution is 2.29. The van der Waals surface area contributed by atoms with Crippen molar-refractivity contribution in [2.24, 2.45) is 0 Å². The maximum atomic E-state index is 13.4. The molecule has 0 saturated heterocycles. The lowest BCUT2D eigenvalue weighted by atomic mass is 10.1. The van der Waals surface area contributed by atoms with E-state index in [1.165, 1.54) is 7.11 Å². The first-order valence-corrected chi connectivity index (χ1v) is 4.70. The molecule has 0 bridgehead atoms. The van der Waals surface area contributed by atoms with Crippen LogP contribution in [-0.2, 0) is 4.74 Å². The molecule has 0 aliphatic rings. The highest BCUT2D eigenvalue weighted by atomic mass is 19.1. The van der Waals surface area contributed by atoms with E-state index >= 15 is 0 Å². The van der Waals surface area contributed by atoms with Gasteiger partial charge in [0.2, 0.25) is 0 Å². The summed E-state index contributed by atoms with van der Waals surface area (Å²) >= 11 is 0. The molecule has 17 heavy (non-hydrogen) atoms. The van der Waals surface area contributed by atoms with Crippen molar-refractivity contribution in [1.29, 1.82) is 0 Å². The van der Waals surface area contributed by atoms with Crippen molar-refractivity contribution in [3.63, 3.8) is 0 Å². The van der Waals surface area contributed by atoms with Crippen molar-refractivity contribution >= 4 is 11.7 Å². The van der Waals surface area contributed by atoms with E-state index < -0.39 is 28.0 Å². The van der Waals surface area contributed by atoms with E-state index in [1.807, 2.05) is 0 Å². The molecular weight excluding hydrogens is 233 g/mol. The van der Waals surface area contributed by atoms with Crippen molar-refractivity contribution in [3.05, 3.63) is 33.6 Å². The van der Waals surface area contributed by atoms with Gasteiger partial charge in [0.15, 0.2) is 5.75 Å². The van der Waals surface area contributed by atoms with Gasteiger partial charge in [0, 0.05) is 6.07 Å². The van der Waals surface area contributed by atoms with Gasteiger partial charge in [-0.3, -0.25) is 10.1 Å². The van der Waals surface area contributed by atoms with Gasteiger partial charge in [0.1, 0.15) is 5.82 Å². The van der Waals surface area contributed by atoms with Crippen molar-refractivity contribution < 1.29 is 23.6 Å². The van der Waals surface area contributed by atoms with E-state index in [-0.39, 0.29) is 12.4 Å². The normalized spacial score (nSPS) is 9.82. The maximum absolute atomic E-state index is 13.4. The monoisotopic (exact) mass is 243 g/mol. The number of rotatable bonds is 4. The quantitative estimate of drug-likeness (QED) is 0.458. The summed E-state index contributed by atoms with van der Waals surface area (Å²) in [7, 11) is 1.19. The van der Waals surface area contributed by atoms with Crippen LogP contribution in [0, 0.1) is 15.9 Å². The summed E-state index contributed by atoms with van der Waals surface area (Å²) in [5, 5.41) is 10.6. The fourth-order valence-corrected chi connectivity index (χ4v) is 1.21. The number of benzene rings is 1. The number of methoxy groups -OCH3 is 1. The maximum Gasteiger partial charge on any atom is 0.341 e. The Morgan fingerprint density at radius 1 is 1.53 bits per heavy atom. The number of hydrogen-bond acceptors (Lipinski definition) is 5. The van der Waals surface area contributed by atoms with Crippen molar-refractivity contribution in [2.75, 3.05) is 13.7 Å². The number of esters is 1. The first-order valence-electron chi connectivity index (χ1n) is 4.70. The van der Waals surface area contributed by atoms with Gasteiger partial charge < -0.3 is 9.47 Å². The molecule has 1 aromatic carbocycles. The lowest BCUT2D eigenvalue weighted by Gasteiger charge is -2.06. The van der Waals surface area contributed by atoms with Crippen LogP contribution in [0.25, 0.3) is 0 Å². The fraction of sp³-hybridized carbons (Fsp3) is 0.300. The number of nitro benzene ring substituents is 1. The molecule has 0 atom stereocenters. The fourth-order valence-electron chi connectivity index (χ4n) is 1.21. The molecule has 0 aromatic heterocycles. The number of nitro groups is 1. The van der Waals surface area contributed by atoms with Gasteiger partial charge in [-0.15, -0.1) is 0 Å². The minimum atomic E-state index is -1.02. The molecule has 0 N–H and O–H groups in total. The van der Waals surface area contributed by atoms with E-state index in [1.54, 1.807) is 6.92 Å². The third kappa shape index (κ3) is 2.68. The third-order valence-corrected chi connectivity index (χ3v) is 1.96. The van der Waals surface area contributed by atoms with Crippen molar-refractivity contribution in [1.82, 2.24) is 0 Å². The predicted molar refractivity (Wildman–Crippen MR) is 55.6 cm³/mol. The minimum absolute atomic E-state index is 0.0809. The smallest absolute Gasteiger partial charge is 0.341 e. The largest absolute Gasteiger partial charge is 0.490 e. The van der Waals surface area contributed by atoms with Gasteiger partial charge >= 0.3 is 11.7 Å². The van der Waals surface area contributed by atoms with Crippen LogP contribution in [0.5, 0.6) is 5.75 Å². The summed E-state index contributed by atoms with van der Waals surface area (Å²) in [6.45, 7) is 1.65. The van der Waals surface area contributed by atoms with Crippen LogP contribution in [0.4, 0.5) is 10.1 Å². The summed E-state index contributed by atoms with van der Waals surface area (Å²) in [6.07, 6.45) is 0. The van der Waals surface area contributed by atoms with Crippen LogP contribution < -0.4 is 4.74 Å². The summed E-state index contributed by atoms with van der Waals surface area (Å²) in [4.78, 5) is 21.1. The number of hydrogen-bond donors (Lipinski definition) is 0. The summed E-state index contributed by atoms with van der Waals surface area (Å²) in [5.41, 5.74) is -0.938. The summed E-state index contributed by atoms with van der Waals surface area (Å²) in [5.74, 6) is -2.10. The van der Waals surface area contributed by atoms with E-state index in [0.717, 1.165) is 6.07 Å². The topological polar surface area (TPSA) is 78.7 Å². The number of carbonyl (C=O) groups excluding carboxylic acids is 1. The second-order valence-electron chi connectivity index (χ2n) is 2.98. The van der Waals surface area contributed by atoms with Gasteiger partial charge in [0.25, 0.3) is 0 Å². The molecular formula is C10H10FNO5. The van der Waals surface area contributed by atoms with Crippen LogP contribution in [0.3, 0.4) is 0 Å². The standard InChI is InChI=1S/C10H10FNO5/c1-3-17-10(13)6-4-9(16-2)8(12(14)15)5-7(6)11/h4-5H,3H2,1-2H3. The Labute approximate surface area is 96.1 Å².